The lowest BCUT2D eigenvalue weighted by Gasteiger charge is -2.29. The average molecular weight is 222 g/mol. The molecule has 1 rings (SSSR count). The minimum Gasteiger partial charge on any atom is -0.342 e. The third-order valence-electron chi connectivity index (χ3n) is 2.98. The first kappa shape index (κ1) is 13.1. The van der Waals surface area contributed by atoms with Crippen LogP contribution >= 0.6 is 0 Å². The Bertz CT molecular complexity index is 251. The molecule has 0 bridgehead atoms. The van der Waals surface area contributed by atoms with Gasteiger partial charge in [-0.25, -0.2) is 0 Å². The average Bonchev–Trinajstić information content (AvgIpc) is 2.30. The summed E-state index contributed by atoms with van der Waals surface area (Å²) in [5.74, 6) is 3.14. The summed E-state index contributed by atoms with van der Waals surface area (Å²) in [5.41, 5.74) is 0. The highest BCUT2D eigenvalue weighted by atomic mass is 16.2. The monoisotopic (exact) mass is 222 g/mol. The van der Waals surface area contributed by atoms with Crippen molar-refractivity contribution in [2.45, 2.75) is 32.6 Å². The number of hydrogen-bond donors (Lipinski definition) is 1. The molecule has 90 valence electrons. The van der Waals surface area contributed by atoms with E-state index in [1.54, 1.807) is 0 Å². The van der Waals surface area contributed by atoms with Gasteiger partial charge in [0.25, 0.3) is 0 Å². The van der Waals surface area contributed by atoms with Crippen molar-refractivity contribution >= 4 is 5.91 Å². The van der Waals surface area contributed by atoms with Crippen molar-refractivity contribution < 1.29 is 4.79 Å². The summed E-state index contributed by atoms with van der Waals surface area (Å²) in [5, 5.41) is 3.37. The number of rotatable bonds is 5. The minimum atomic E-state index is 0.106. The van der Waals surface area contributed by atoms with E-state index in [-0.39, 0.29) is 12.3 Å². The quantitative estimate of drug-likeness (QED) is 0.710. The van der Waals surface area contributed by atoms with Crippen molar-refractivity contribution in [3.8, 4) is 12.3 Å². The van der Waals surface area contributed by atoms with Gasteiger partial charge in [0, 0.05) is 13.1 Å². The van der Waals surface area contributed by atoms with E-state index in [0.717, 1.165) is 32.6 Å². The fourth-order valence-electron chi connectivity index (χ4n) is 2.18. The lowest BCUT2D eigenvalue weighted by Crippen LogP contribution is -2.41. The molecule has 1 unspecified atom stereocenters. The molecule has 3 nitrogen and oxygen atoms in total. The number of carbonyl (C=O) groups excluding carboxylic acids is 1. The van der Waals surface area contributed by atoms with Crippen LogP contribution in [0.15, 0.2) is 0 Å². The van der Waals surface area contributed by atoms with Crippen LogP contribution in [0.4, 0.5) is 0 Å². The Hall–Kier alpha value is -1.01. The molecule has 1 aliphatic heterocycles. The maximum atomic E-state index is 11.8. The van der Waals surface area contributed by atoms with Gasteiger partial charge in [-0.2, -0.15) is 0 Å². The highest BCUT2D eigenvalue weighted by molar-refractivity contribution is 5.78. The van der Waals surface area contributed by atoms with E-state index in [1.165, 1.54) is 12.8 Å². The second kappa shape index (κ2) is 7.29. The molecule has 0 aromatic heterocycles. The minimum absolute atomic E-state index is 0.106. The molecule has 0 radical (unpaired) electrons. The number of terminal acetylenes is 1. The van der Waals surface area contributed by atoms with Crippen molar-refractivity contribution in [1.82, 2.24) is 10.2 Å². The summed E-state index contributed by atoms with van der Waals surface area (Å²) in [4.78, 5) is 13.7. The lowest BCUT2D eigenvalue weighted by molar-refractivity contribution is -0.130. The molecule has 3 heteroatoms. The van der Waals surface area contributed by atoms with E-state index in [1.807, 2.05) is 4.90 Å². The Kier molecular flexibility index (Phi) is 5.95. The Balaban J connectivity index is 2.42. The SMILES string of the molecule is C#CCC(=O)N(CCC)CC1CCCNC1. The van der Waals surface area contributed by atoms with Crippen molar-refractivity contribution in [3.63, 3.8) is 0 Å². The lowest BCUT2D eigenvalue weighted by atomic mass is 9.99. The smallest absolute Gasteiger partial charge is 0.234 e. The molecule has 1 amide bonds. The van der Waals surface area contributed by atoms with Crippen LogP contribution in [0.1, 0.15) is 32.6 Å². The molecule has 1 saturated heterocycles. The number of nitrogens with one attached hydrogen (secondary N) is 1. The Morgan fingerprint density at radius 3 is 3.00 bits per heavy atom. The van der Waals surface area contributed by atoms with E-state index in [9.17, 15) is 4.79 Å². The van der Waals surface area contributed by atoms with Gasteiger partial charge in [0.05, 0.1) is 6.42 Å². The second-order valence-electron chi connectivity index (χ2n) is 4.43. The summed E-state index contributed by atoms with van der Waals surface area (Å²) < 4.78 is 0. The Morgan fingerprint density at radius 2 is 2.44 bits per heavy atom. The van der Waals surface area contributed by atoms with Gasteiger partial charge < -0.3 is 10.2 Å². The third-order valence-corrected chi connectivity index (χ3v) is 2.98. The maximum Gasteiger partial charge on any atom is 0.234 e. The second-order valence-corrected chi connectivity index (χ2v) is 4.43. The van der Waals surface area contributed by atoms with E-state index in [0.29, 0.717) is 5.92 Å². The fourth-order valence-corrected chi connectivity index (χ4v) is 2.18. The van der Waals surface area contributed by atoms with Crippen molar-refractivity contribution in [2.24, 2.45) is 5.92 Å². The van der Waals surface area contributed by atoms with Crippen LogP contribution in [0.2, 0.25) is 0 Å². The fraction of sp³-hybridized carbons (Fsp3) is 0.769. The number of carbonyl (C=O) groups is 1. The van der Waals surface area contributed by atoms with Gasteiger partial charge >= 0.3 is 0 Å². The normalized spacial score (nSPS) is 20.1. The molecule has 0 aromatic rings. The van der Waals surface area contributed by atoms with E-state index >= 15 is 0 Å². The third kappa shape index (κ3) is 4.24. The van der Waals surface area contributed by atoms with E-state index in [2.05, 4.69) is 18.2 Å². The topological polar surface area (TPSA) is 32.3 Å². The van der Waals surface area contributed by atoms with Crippen molar-refractivity contribution in [1.29, 1.82) is 0 Å². The summed E-state index contributed by atoms with van der Waals surface area (Å²) in [6.07, 6.45) is 8.85. The van der Waals surface area contributed by atoms with Gasteiger partial charge in [-0.05, 0) is 38.3 Å². The molecule has 0 spiro atoms. The van der Waals surface area contributed by atoms with Gasteiger partial charge in [-0.15, -0.1) is 6.42 Å². The summed E-state index contributed by atoms with van der Waals surface area (Å²) in [7, 11) is 0. The maximum absolute atomic E-state index is 11.8. The van der Waals surface area contributed by atoms with Gasteiger partial charge in [-0.1, -0.05) is 12.8 Å². The Labute approximate surface area is 98.6 Å². The van der Waals surface area contributed by atoms with Gasteiger partial charge in [-0.3, -0.25) is 4.79 Å². The highest BCUT2D eigenvalue weighted by Crippen LogP contribution is 2.12. The summed E-state index contributed by atoms with van der Waals surface area (Å²) in [6, 6.07) is 0. The molecule has 1 fully saturated rings. The first-order valence-corrected chi connectivity index (χ1v) is 6.19. The Morgan fingerprint density at radius 1 is 1.62 bits per heavy atom. The first-order valence-electron chi connectivity index (χ1n) is 6.19. The molecule has 1 N–H and O–H groups in total. The zero-order chi connectivity index (χ0) is 11.8. The highest BCUT2D eigenvalue weighted by Gasteiger charge is 2.19. The summed E-state index contributed by atoms with van der Waals surface area (Å²) >= 11 is 0. The molecule has 1 heterocycles. The largest absolute Gasteiger partial charge is 0.342 e. The van der Waals surface area contributed by atoms with Crippen molar-refractivity contribution in [2.75, 3.05) is 26.2 Å². The predicted molar refractivity (Wildman–Crippen MR) is 65.9 cm³/mol. The van der Waals surface area contributed by atoms with Crippen LogP contribution in [0, 0.1) is 18.3 Å². The number of nitrogens with zero attached hydrogens (tertiary/aromatic N) is 1. The number of piperidine rings is 1. The van der Waals surface area contributed by atoms with Crippen LogP contribution in [0.3, 0.4) is 0 Å². The van der Waals surface area contributed by atoms with Crippen molar-refractivity contribution in [3.05, 3.63) is 0 Å². The van der Waals surface area contributed by atoms with Crippen LogP contribution in [0.5, 0.6) is 0 Å². The molecule has 1 aliphatic rings. The zero-order valence-corrected chi connectivity index (χ0v) is 10.2. The first-order chi connectivity index (χ1) is 7.77. The molecular formula is C13H22N2O. The van der Waals surface area contributed by atoms with Crippen LogP contribution in [0.25, 0.3) is 0 Å². The van der Waals surface area contributed by atoms with E-state index < -0.39 is 0 Å². The molecule has 16 heavy (non-hydrogen) atoms. The number of amides is 1. The zero-order valence-electron chi connectivity index (χ0n) is 10.2. The van der Waals surface area contributed by atoms with Crippen LogP contribution < -0.4 is 5.32 Å². The summed E-state index contributed by atoms with van der Waals surface area (Å²) in [6.45, 7) is 5.93. The molecule has 0 aromatic carbocycles. The van der Waals surface area contributed by atoms with Crippen LogP contribution in [-0.2, 0) is 4.79 Å². The molecule has 1 atom stereocenters. The molecule has 0 aliphatic carbocycles. The number of hydrogen-bond acceptors (Lipinski definition) is 2. The van der Waals surface area contributed by atoms with Gasteiger partial charge in [0.1, 0.15) is 0 Å². The molecule has 0 saturated carbocycles. The standard InChI is InChI=1S/C13H22N2O/c1-3-6-13(16)15(9-4-2)11-12-7-5-8-14-10-12/h1,12,14H,4-11H2,2H3. The van der Waals surface area contributed by atoms with Crippen LogP contribution in [-0.4, -0.2) is 37.0 Å². The van der Waals surface area contributed by atoms with Gasteiger partial charge in [0.2, 0.25) is 5.91 Å². The predicted octanol–water partition coefficient (Wildman–Crippen LogP) is 1.25. The van der Waals surface area contributed by atoms with Gasteiger partial charge in [0.15, 0.2) is 0 Å². The molecular weight excluding hydrogens is 200 g/mol. The van der Waals surface area contributed by atoms with E-state index in [4.69, 9.17) is 6.42 Å².